The Morgan fingerprint density at radius 2 is 1.90 bits per heavy atom. The molecule has 11 heteroatoms. The number of carbonyl (C=O) groups is 1. The highest BCUT2D eigenvalue weighted by Gasteiger charge is 2.33. The molecule has 0 spiro atoms. The third kappa shape index (κ3) is 4.38. The van der Waals surface area contributed by atoms with Crippen LogP contribution in [0.5, 0.6) is 5.75 Å². The van der Waals surface area contributed by atoms with Gasteiger partial charge in [-0.05, 0) is 49.7 Å². The molecule has 3 aromatic rings. The number of aryl methyl sites for hydroxylation is 1. The number of piperazine rings is 1. The highest BCUT2D eigenvalue weighted by Crippen LogP contribution is 2.26. The molecule has 1 saturated heterocycles. The van der Waals surface area contributed by atoms with Crippen molar-refractivity contribution in [3.05, 3.63) is 47.0 Å². The van der Waals surface area contributed by atoms with Gasteiger partial charge in [-0.3, -0.25) is 4.79 Å². The third-order valence-electron chi connectivity index (χ3n) is 5.21. The van der Waals surface area contributed by atoms with Crippen LogP contribution < -0.4 is 4.74 Å². The molecule has 31 heavy (non-hydrogen) atoms. The predicted molar refractivity (Wildman–Crippen MR) is 119 cm³/mol. The van der Waals surface area contributed by atoms with Gasteiger partial charge in [-0.25, -0.2) is 8.42 Å². The molecule has 1 fully saturated rings. The Kier molecular flexibility index (Phi) is 6.16. The number of aromatic nitrogens is 2. The van der Waals surface area contributed by atoms with Crippen molar-refractivity contribution in [1.82, 2.24) is 18.0 Å². The van der Waals surface area contributed by atoms with Crippen LogP contribution in [0.2, 0.25) is 5.02 Å². The van der Waals surface area contributed by atoms with Crippen LogP contribution >= 0.6 is 23.3 Å². The number of sulfonamides is 1. The van der Waals surface area contributed by atoms with Crippen molar-refractivity contribution in [3.8, 4) is 5.75 Å². The molecule has 0 radical (unpaired) electrons. The van der Waals surface area contributed by atoms with Crippen molar-refractivity contribution in [3.63, 3.8) is 0 Å². The van der Waals surface area contributed by atoms with E-state index in [-0.39, 0.29) is 37.0 Å². The second-order valence-corrected chi connectivity index (χ2v) is 10.1. The molecule has 0 aliphatic carbocycles. The van der Waals surface area contributed by atoms with Gasteiger partial charge in [0.1, 0.15) is 21.7 Å². The number of amides is 1. The Hall–Kier alpha value is -2.27. The molecule has 1 aromatic heterocycles. The molecule has 0 saturated carbocycles. The number of carbonyl (C=O) groups excluding carboxylic acids is 1. The summed E-state index contributed by atoms with van der Waals surface area (Å²) >= 11 is 7.01. The highest BCUT2D eigenvalue weighted by atomic mass is 35.5. The molecular weight excluding hydrogens is 460 g/mol. The standard InChI is InChI=1S/C20H21ClN4O4S2/c1-13-12-15(6-7-16(13)21)29-14(2)20(26)24-8-10-25(11-9-24)31(27,28)18-5-3-4-17-19(18)23-30-22-17/h3-7,12,14H,8-11H2,1-2H3. The number of hydrogen-bond donors (Lipinski definition) is 0. The van der Waals surface area contributed by atoms with Gasteiger partial charge < -0.3 is 9.64 Å². The molecule has 8 nitrogen and oxygen atoms in total. The molecule has 2 heterocycles. The van der Waals surface area contributed by atoms with E-state index in [1.165, 1.54) is 4.31 Å². The van der Waals surface area contributed by atoms with Crippen molar-refractivity contribution in [2.45, 2.75) is 24.8 Å². The monoisotopic (exact) mass is 480 g/mol. The third-order valence-corrected chi connectivity index (χ3v) is 8.10. The van der Waals surface area contributed by atoms with E-state index >= 15 is 0 Å². The van der Waals surface area contributed by atoms with Crippen molar-refractivity contribution in [1.29, 1.82) is 0 Å². The van der Waals surface area contributed by atoms with Gasteiger partial charge in [-0.2, -0.15) is 13.1 Å². The van der Waals surface area contributed by atoms with Gasteiger partial charge >= 0.3 is 0 Å². The average molecular weight is 481 g/mol. The number of ether oxygens (including phenoxy) is 1. The second kappa shape index (κ2) is 8.70. The largest absolute Gasteiger partial charge is 0.481 e. The van der Waals surface area contributed by atoms with E-state index in [1.807, 2.05) is 6.92 Å². The average Bonchev–Trinajstić information content (AvgIpc) is 3.24. The zero-order valence-electron chi connectivity index (χ0n) is 17.0. The van der Waals surface area contributed by atoms with E-state index in [4.69, 9.17) is 16.3 Å². The van der Waals surface area contributed by atoms with Crippen LogP contribution in [0, 0.1) is 6.92 Å². The first-order chi connectivity index (χ1) is 14.8. The minimum atomic E-state index is -3.73. The summed E-state index contributed by atoms with van der Waals surface area (Å²) in [4.78, 5) is 14.6. The van der Waals surface area contributed by atoms with Crippen molar-refractivity contribution < 1.29 is 17.9 Å². The molecule has 164 valence electrons. The molecule has 0 bridgehead atoms. The Morgan fingerprint density at radius 3 is 2.61 bits per heavy atom. The van der Waals surface area contributed by atoms with Gasteiger partial charge in [-0.15, -0.1) is 0 Å². The topological polar surface area (TPSA) is 92.7 Å². The maximum Gasteiger partial charge on any atom is 0.263 e. The maximum absolute atomic E-state index is 13.1. The van der Waals surface area contributed by atoms with Crippen LogP contribution in [-0.2, 0) is 14.8 Å². The van der Waals surface area contributed by atoms with Crippen LogP contribution in [0.3, 0.4) is 0 Å². The van der Waals surface area contributed by atoms with E-state index in [2.05, 4.69) is 8.75 Å². The van der Waals surface area contributed by atoms with E-state index in [9.17, 15) is 13.2 Å². The van der Waals surface area contributed by atoms with Crippen molar-refractivity contribution in [2.24, 2.45) is 0 Å². The van der Waals surface area contributed by atoms with Gasteiger partial charge in [0.25, 0.3) is 5.91 Å². The Labute approximate surface area is 189 Å². The molecule has 1 unspecified atom stereocenters. The lowest BCUT2D eigenvalue weighted by atomic mass is 10.2. The summed E-state index contributed by atoms with van der Waals surface area (Å²) < 4.78 is 41.7. The minimum absolute atomic E-state index is 0.147. The lowest BCUT2D eigenvalue weighted by molar-refractivity contribution is -0.139. The molecule has 0 N–H and O–H groups in total. The molecule has 1 aliphatic rings. The van der Waals surface area contributed by atoms with Crippen LogP contribution in [0.25, 0.3) is 11.0 Å². The van der Waals surface area contributed by atoms with E-state index in [0.717, 1.165) is 17.3 Å². The number of nitrogens with zero attached hydrogens (tertiary/aromatic N) is 4. The highest BCUT2D eigenvalue weighted by molar-refractivity contribution is 7.89. The lowest BCUT2D eigenvalue weighted by Gasteiger charge is -2.35. The van der Waals surface area contributed by atoms with Gasteiger partial charge in [-0.1, -0.05) is 17.7 Å². The van der Waals surface area contributed by atoms with Gasteiger partial charge in [0, 0.05) is 31.2 Å². The predicted octanol–water partition coefficient (Wildman–Crippen LogP) is 2.95. The van der Waals surface area contributed by atoms with E-state index < -0.39 is 16.1 Å². The molecular formula is C20H21ClN4O4S2. The Bertz CT molecular complexity index is 1220. The molecule has 1 aliphatic heterocycles. The first kappa shape index (κ1) is 21.9. The molecule has 1 amide bonds. The van der Waals surface area contributed by atoms with E-state index in [0.29, 0.717) is 21.8 Å². The second-order valence-electron chi connectivity index (χ2n) is 7.29. The zero-order chi connectivity index (χ0) is 22.2. The van der Waals surface area contributed by atoms with Crippen molar-refractivity contribution >= 4 is 50.3 Å². The lowest BCUT2D eigenvalue weighted by Crippen LogP contribution is -2.53. The number of hydrogen-bond acceptors (Lipinski definition) is 7. The summed E-state index contributed by atoms with van der Waals surface area (Å²) in [6, 6.07) is 10.2. The maximum atomic E-state index is 13.1. The fourth-order valence-corrected chi connectivity index (χ4v) is 5.77. The van der Waals surface area contributed by atoms with Crippen LogP contribution in [0.1, 0.15) is 12.5 Å². The summed E-state index contributed by atoms with van der Waals surface area (Å²) in [6.45, 7) is 4.53. The summed E-state index contributed by atoms with van der Waals surface area (Å²) in [6.07, 6.45) is -0.696. The molecule has 4 rings (SSSR count). The summed E-state index contributed by atoms with van der Waals surface area (Å²) in [7, 11) is -3.73. The van der Waals surface area contributed by atoms with Crippen LogP contribution in [-0.4, -0.2) is 64.6 Å². The van der Waals surface area contributed by atoms with Gasteiger partial charge in [0.05, 0.1) is 11.7 Å². The van der Waals surface area contributed by atoms with Crippen LogP contribution in [0.15, 0.2) is 41.3 Å². The summed E-state index contributed by atoms with van der Waals surface area (Å²) in [5.41, 5.74) is 1.80. The number of rotatable bonds is 5. The first-order valence-electron chi connectivity index (χ1n) is 9.70. The Morgan fingerprint density at radius 1 is 1.16 bits per heavy atom. The van der Waals surface area contributed by atoms with Gasteiger partial charge in [0.15, 0.2) is 6.10 Å². The Balaban J connectivity index is 1.41. The molecule has 2 aromatic carbocycles. The van der Waals surface area contributed by atoms with Crippen molar-refractivity contribution in [2.75, 3.05) is 26.2 Å². The van der Waals surface area contributed by atoms with Gasteiger partial charge in [0.2, 0.25) is 10.0 Å². The normalized spacial score (nSPS) is 16.4. The summed E-state index contributed by atoms with van der Waals surface area (Å²) in [5, 5.41) is 0.632. The minimum Gasteiger partial charge on any atom is -0.481 e. The smallest absolute Gasteiger partial charge is 0.263 e. The summed E-state index contributed by atoms with van der Waals surface area (Å²) in [5.74, 6) is 0.379. The first-order valence-corrected chi connectivity index (χ1v) is 12.3. The number of fused-ring (bicyclic) bond motifs is 1. The number of benzene rings is 2. The fraction of sp³-hybridized carbons (Fsp3) is 0.350. The van der Waals surface area contributed by atoms with E-state index in [1.54, 1.807) is 48.2 Å². The quantitative estimate of drug-likeness (QED) is 0.557. The molecule has 1 atom stereocenters. The SMILES string of the molecule is Cc1cc(OC(C)C(=O)N2CCN(S(=O)(=O)c3cccc4nsnc34)CC2)ccc1Cl. The van der Waals surface area contributed by atoms with Crippen LogP contribution in [0.4, 0.5) is 0 Å². The number of halogens is 1. The zero-order valence-corrected chi connectivity index (χ0v) is 19.4. The fourth-order valence-electron chi connectivity index (χ4n) is 3.48.